The first-order valence-electron chi connectivity index (χ1n) is 6.18. The van der Waals surface area contributed by atoms with Gasteiger partial charge < -0.3 is 9.47 Å². The third-order valence-corrected chi connectivity index (χ3v) is 1.89. The Labute approximate surface area is 122 Å². The lowest BCUT2D eigenvalue weighted by Gasteiger charge is -1.97. The Hall–Kier alpha value is -2.10. The highest BCUT2D eigenvalue weighted by molar-refractivity contribution is 5.81. The SMILES string of the molecule is C1=CCCCC1.C=C.C=CC(=O)OC.C=CC(=O)OC. The number of esters is 2. The van der Waals surface area contributed by atoms with E-state index in [2.05, 4.69) is 47.9 Å². The van der Waals surface area contributed by atoms with Crippen LogP contribution in [-0.4, -0.2) is 26.2 Å². The van der Waals surface area contributed by atoms with Gasteiger partial charge in [-0.1, -0.05) is 25.3 Å². The fourth-order valence-corrected chi connectivity index (χ4v) is 0.927. The molecule has 0 amide bonds. The molecule has 0 saturated carbocycles. The Bertz CT molecular complexity index is 265. The standard InChI is InChI=1S/C6H10.2C4H6O2.C2H4/c1-2-4-6-5-3-1;2*1-3-4(5)6-2;1-2/h1-2H,3-6H2;2*3H,1H2,2H3;1-2H2. The van der Waals surface area contributed by atoms with Gasteiger partial charge in [0.25, 0.3) is 0 Å². The van der Waals surface area contributed by atoms with Gasteiger partial charge in [-0.05, 0) is 25.7 Å². The highest BCUT2D eigenvalue weighted by Gasteiger charge is 1.87. The number of ether oxygens (including phenoxy) is 2. The van der Waals surface area contributed by atoms with Crippen LogP contribution in [0, 0.1) is 0 Å². The summed E-state index contributed by atoms with van der Waals surface area (Å²) in [6, 6.07) is 0. The van der Waals surface area contributed by atoms with E-state index in [0.717, 1.165) is 12.2 Å². The Balaban J connectivity index is -0.000000204. The van der Waals surface area contributed by atoms with E-state index in [4.69, 9.17) is 0 Å². The third kappa shape index (κ3) is 24.9. The Morgan fingerprint density at radius 2 is 1.20 bits per heavy atom. The molecule has 0 unspecified atom stereocenters. The van der Waals surface area contributed by atoms with E-state index in [-0.39, 0.29) is 0 Å². The summed E-state index contributed by atoms with van der Waals surface area (Å²) in [6.07, 6.45) is 12.2. The topological polar surface area (TPSA) is 52.6 Å². The van der Waals surface area contributed by atoms with E-state index in [1.165, 1.54) is 39.9 Å². The molecule has 0 aromatic heterocycles. The first-order chi connectivity index (χ1) is 9.62. The largest absolute Gasteiger partial charge is 0.466 e. The minimum Gasteiger partial charge on any atom is -0.466 e. The highest BCUT2D eigenvalue weighted by Crippen LogP contribution is 2.07. The second kappa shape index (κ2) is 22.1. The first-order valence-corrected chi connectivity index (χ1v) is 6.18. The van der Waals surface area contributed by atoms with Crippen LogP contribution in [0.4, 0.5) is 0 Å². The van der Waals surface area contributed by atoms with Crippen molar-refractivity contribution >= 4 is 11.9 Å². The van der Waals surface area contributed by atoms with Crippen molar-refractivity contribution in [1.29, 1.82) is 0 Å². The van der Waals surface area contributed by atoms with Crippen LogP contribution in [0.2, 0.25) is 0 Å². The van der Waals surface area contributed by atoms with Crippen LogP contribution in [0.3, 0.4) is 0 Å². The number of carbonyl (C=O) groups excluding carboxylic acids is 2. The molecule has 0 bridgehead atoms. The van der Waals surface area contributed by atoms with Crippen LogP contribution in [-0.2, 0) is 19.1 Å². The van der Waals surface area contributed by atoms with Gasteiger partial charge in [0.15, 0.2) is 0 Å². The van der Waals surface area contributed by atoms with Gasteiger partial charge in [0.1, 0.15) is 0 Å². The number of allylic oxidation sites excluding steroid dienone is 2. The molecule has 0 saturated heterocycles. The van der Waals surface area contributed by atoms with Crippen LogP contribution in [0.5, 0.6) is 0 Å². The van der Waals surface area contributed by atoms with Crippen molar-refractivity contribution < 1.29 is 19.1 Å². The Morgan fingerprint density at radius 1 is 0.900 bits per heavy atom. The van der Waals surface area contributed by atoms with Gasteiger partial charge in [-0.2, -0.15) is 0 Å². The van der Waals surface area contributed by atoms with Crippen molar-refractivity contribution in [2.24, 2.45) is 0 Å². The van der Waals surface area contributed by atoms with E-state index < -0.39 is 11.9 Å². The minimum absolute atomic E-state index is 0.394. The lowest BCUT2D eigenvalue weighted by Crippen LogP contribution is -1.91. The van der Waals surface area contributed by atoms with E-state index in [1.54, 1.807) is 0 Å². The van der Waals surface area contributed by atoms with E-state index in [0.29, 0.717) is 0 Å². The van der Waals surface area contributed by atoms with Gasteiger partial charge >= 0.3 is 11.9 Å². The first kappa shape index (κ1) is 23.0. The quantitative estimate of drug-likeness (QED) is 0.441. The van der Waals surface area contributed by atoms with Crippen molar-refractivity contribution in [3.63, 3.8) is 0 Å². The fourth-order valence-electron chi connectivity index (χ4n) is 0.927. The zero-order valence-electron chi connectivity index (χ0n) is 12.6. The van der Waals surface area contributed by atoms with Crippen LogP contribution >= 0.6 is 0 Å². The van der Waals surface area contributed by atoms with Gasteiger partial charge in [-0.25, -0.2) is 9.59 Å². The molecular formula is C16H26O4. The summed E-state index contributed by atoms with van der Waals surface area (Å²) in [4.78, 5) is 19.7. The predicted octanol–water partition coefficient (Wildman–Crippen LogP) is 3.61. The molecule has 4 nitrogen and oxygen atoms in total. The second-order valence-corrected chi connectivity index (χ2v) is 3.21. The Kier molecular flexibility index (Phi) is 25.5. The molecule has 0 aliphatic heterocycles. The summed E-state index contributed by atoms with van der Waals surface area (Å²) >= 11 is 0. The van der Waals surface area contributed by atoms with Gasteiger partial charge in [0, 0.05) is 12.2 Å². The van der Waals surface area contributed by atoms with Gasteiger partial charge in [-0.15, -0.1) is 13.2 Å². The maximum atomic E-state index is 9.84. The molecule has 0 aromatic rings. The zero-order valence-corrected chi connectivity index (χ0v) is 12.6. The summed E-state index contributed by atoms with van der Waals surface area (Å²) < 4.78 is 8.28. The molecule has 1 rings (SSSR count). The monoisotopic (exact) mass is 282 g/mol. The summed E-state index contributed by atoms with van der Waals surface area (Å²) in [6.45, 7) is 12.3. The average molecular weight is 282 g/mol. The number of hydrogen-bond acceptors (Lipinski definition) is 4. The van der Waals surface area contributed by atoms with Crippen molar-refractivity contribution in [3.8, 4) is 0 Å². The molecule has 0 fully saturated rings. The van der Waals surface area contributed by atoms with Gasteiger partial charge in [0.2, 0.25) is 0 Å². The molecule has 0 heterocycles. The van der Waals surface area contributed by atoms with Crippen molar-refractivity contribution in [2.45, 2.75) is 25.7 Å². The summed E-state index contributed by atoms with van der Waals surface area (Å²) in [5.41, 5.74) is 0. The van der Waals surface area contributed by atoms with Crippen LogP contribution in [0.25, 0.3) is 0 Å². The lowest BCUT2D eigenvalue weighted by atomic mass is 10.1. The average Bonchev–Trinajstić information content (AvgIpc) is 2.57. The lowest BCUT2D eigenvalue weighted by molar-refractivity contribution is -0.135. The smallest absolute Gasteiger partial charge is 0.329 e. The Morgan fingerprint density at radius 3 is 1.25 bits per heavy atom. The number of carbonyl (C=O) groups is 2. The molecule has 0 aromatic carbocycles. The maximum absolute atomic E-state index is 9.84. The minimum atomic E-state index is -0.394. The molecule has 114 valence electrons. The van der Waals surface area contributed by atoms with E-state index >= 15 is 0 Å². The molecule has 0 spiro atoms. The summed E-state index contributed by atoms with van der Waals surface area (Å²) in [5, 5.41) is 0. The fraction of sp³-hybridized carbons (Fsp3) is 0.375. The number of hydrogen-bond donors (Lipinski definition) is 0. The maximum Gasteiger partial charge on any atom is 0.329 e. The molecule has 4 heteroatoms. The molecule has 0 atom stereocenters. The van der Waals surface area contributed by atoms with Gasteiger partial charge in [-0.3, -0.25) is 0 Å². The van der Waals surface area contributed by atoms with Crippen molar-refractivity contribution in [3.05, 3.63) is 50.6 Å². The third-order valence-electron chi connectivity index (χ3n) is 1.89. The number of methoxy groups -OCH3 is 2. The van der Waals surface area contributed by atoms with Crippen LogP contribution in [0.1, 0.15) is 25.7 Å². The molecule has 0 N–H and O–H groups in total. The van der Waals surface area contributed by atoms with Crippen molar-refractivity contribution in [2.75, 3.05) is 14.2 Å². The molecule has 20 heavy (non-hydrogen) atoms. The normalized spacial score (nSPS) is 10.7. The molecular weight excluding hydrogens is 256 g/mol. The van der Waals surface area contributed by atoms with Gasteiger partial charge in [0.05, 0.1) is 14.2 Å². The molecule has 0 radical (unpaired) electrons. The number of rotatable bonds is 2. The summed E-state index contributed by atoms with van der Waals surface area (Å²) in [7, 11) is 2.62. The molecule has 1 aliphatic carbocycles. The van der Waals surface area contributed by atoms with E-state index in [9.17, 15) is 9.59 Å². The van der Waals surface area contributed by atoms with E-state index in [1.807, 2.05) is 0 Å². The molecule has 1 aliphatic rings. The zero-order chi connectivity index (χ0) is 16.2. The second-order valence-electron chi connectivity index (χ2n) is 3.21. The van der Waals surface area contributed by atoms with Crippen molar-refractivity contribution in [1.82, 2.24) is 0 Å². The highest BCUT2D eigenvalue weighted by atomic mass is 16.5. The van der Waals surface area contributed by atoms with Crippen LogP contribution in [0.15, 0.2) is 50.6 Å². The summed E-state index contributed by atoms with van der Waals surface area (Å²) in [5.74, 6) is -0.787. The predicted molar refractivity (Wildman–Crippen MR) is 83.3 cm³/mol. The van der Waals surface area contributed by atoms with Crippen LogP contribution < -0.4 is 0 Å².